The first-order valence-electron chi connectivity index (χ1n) is 6.78. The number of nitrogens with zero attached hydrogens (tertiary/aromatic N) is 4. The highest BCUT2D eigenvalue weighted by molar-refractivity contribution is 7.13. The zero-order chi connectivity index (χ0) is 14.3. The van der Waals surface area contributed by atoms with Crippen LogP contribution in [0.4, 0.5) is 0 Å². The summed E-state index contributed by atoms with van der Waals surface area (Å²) in [5.74, 6) is 0.111. The van der Waals surface area contributed by atoms with E-state index in [1.165, 1.54) is 11.3 Å². The molecule has 0 spiro atoms. The first-order chi connectivity index (χ1) is 9.54. The predicted molar refractivity (Wildman–Crippen MR) is 78.1 cm³/mol. The van der Waals surface area contributed by atoms with E-state index in [4.69, 9.17) is 0 Å². The summed E-state index contributed by atoms with van der Waals surface area (Å²) < 4.78 is 1.98. The number of amides is 1. The minimum atomic E-state index is 0.111. The fraction of sp³-hybridized carbons (Fsp3) is 0.500. The Bertz CT molecular complexity index is 645. The summed E-state index contributed by atoms with van der Waals surface area (Å²) in [4.78, 5) is 19.6. The summed E-state index contributed by atoms with van der Waals surface area (Å²) >= 11 is 1.49. The van der Waals surface area contributed by atoms with Gasteiger partial charge in [-0.2, -0.15) is 5.10 Å². The van der Waals surface area contributed by atoms with Crippen LogP contribution in [0.2, 0.25) is 0 Å². The van der Waals surface area contributed by atoms with E-state index in [9.17, 15) is 4.79 Å². The minimum Gasteiger partial charge on any atom is -0.336 e. The van der Waals surface area contributed by atoms with Crippen molar-refractivity contribution >= 4 is 17.2 Å². The van der Waals surface area contributed by atoms with E-state index in [2.05, 4.69) is 10.1 Å². The maximum Gasteiger partial charge on any atom is 0.265 e. The SMILES string of the molecule is Cc1cnn(C2CCN(C(=O)c3sc(C)nc3C)C2)c1. The van der Waals surface area contributed by atoms with Crippen molar-refractivity contribution in [3.05, 3.63) is 33.5 Å². The molecule has 3 heterocycles. The molecule has 1 atom stereocenters. The van der Waals surface area contributed by atoms with E-state index in [1.54, 1.807) is 0 Å². The highest BCUT2D eigenvalue weighted by atomic mass is 32.1. The van der Waals surface area contributed by atoms with Crippen LogP contribution in [-0.4, -0.2) is 38.7 Å². The monoisotopic (exact) mass is 290 g/mol. The number of hydrogen-bond acceptors (Lipinski definition) is 4. The molecule has 0 bridgehead atoms. The van der Waals surface area contributed by atoms with Gasteiger partial charge in [0.15, 0.2) is 0 Å². The summed E-state index contributed by atoms with van der Waals surface area (Å²) in [7, 11) is 0. The number of aromatic nitrogens is 3. The molecule has 1 amide bonds. The first kappa shape index (κ1) is 13.3. The average Bonchev–Trinajstić information content (AvgIpc) is 3.08. The van der Waals surface area contributed by atoms with Gasteiger partial charge in [-0.3, -0.25) is 9.48 Å². The summed E-state index contributed by atoms with van der Waals surface area (Å²) in [5.41, 5.74) is 2.00. The first-order valence-corrected chi connectivity index (χ1v) is 7.60. The zero-order valence-electron chi connectivity index (χ0n) is 12.0. The van der Waals surface area contributed by atoms with Gasteiger partial charge in [0.1, 0.15) is 4.88 Å². The molecule has 6 heteroatoms. The molecule has 2 aromatic heterocycles. The van der Waals surface area contributed by atoms with Gasteiger partial charge in [-0.1, -0.05) is 0 Å². The van der Waals surface area contributed by atoms with Gasteiger partial charge in [0.05, 0.1) is 22.9 Å². The van der Waals surface area contributed by atoms with Crippen LogP contribution in [0.3, 0.4) is 0 Å². The van der Waals surface area contributed by atoms with Gasteiger partial charge in [-0.25, -0.2) is 4.98 Å². The number of thiazole rings is 1. The molecule has 5 nitrogen and oxygen atoms in total. The van der Waals surface area contributed by atoms with E-state index in [-0.39, 0.29) is 5.91 Å². The van der Waals surface area contributed by atoms with Gasteiger partial charge in [-0.05, 0) is 32.8 Å². The highest BCUT2D eigenvalue weighted by Crippen LogP contribution is 2.26. The fourth-order valence-electron chi connectivity index (χ4n) is 2.65. The molecule has 1 unspecified atom stereocenters. The van der Waals surface area contributed by atoms with Crippen LogP contribution in [0.5, 0.6) is 0 Å². The molecule has 0 aliphatic carbocycles. The van der Waals surface area contributed by atoms with Crippen molar-refractivity contribution in [1.29, 1.82) is 0 Å². The fourth-order valence-corrected chi connectivity index (χ4v) is 3.54. The lowest BCUT2D eigenvalue weighted by Crippen LogP contribution is -2.29. The van der Waals surface area contributed by atoms with Crippen molar-refractivity contribution in [2.24, 2.45) is 0 Å². The molecule has 0 aromatic carbocycles. The molecule has 20 heavy (non-hydrogen) atoms. The Labute approximate surface area is 122 Å². The third-order valence-corrected chi connectivity index (χ3v) is 4.71. The number of hydrogen-bond donors (Lipinski definition) is 0. The van der Waals surface area contributed by atoms with Gasteiger partial charge in [0.25, 0.3) is 5.91 Å². The largest absolute Gasteiger partial charge is 0.336 e. The Balaban J connectivity index is 1.74. The van der Waals surface area contributed by atoms with E-state index in [0.717, 1.165) is 40.7 Å². The van der Waals surface area contributed by atoms with E-state index in [1.807, 2.05) is 42.7 Å². The lowest BCUT2D eigenvalue weighted by Gasteiger charge is -2.16. The van der Waals surface area contributed by atoms with E-state index in [0.29, 0.717) is 6.04 Å². The molecule has 106 valence electrons. The molecule has 1 saturated heterocycles. The van der Waals surface area contributed by atoms with Crippen molar-refractivity contribution in [3.63, 3.8) is 0 Å². The maximum absolute atomic E-state index is 12.5. The maximum atomic E-state index is 12.5. The molecule has 2 aromatic rings. The van der Waals surface area contributed by atoms with Crippen LogP contribution in [0.15, 0.2) is 12.4 Å². The quantitative estimate of drug-likeness (QED) is 0.853. The second kappa shape index (κ2) is 5.01. The topological polar surface area (TPSA) is 51.0 Å². The Kier molecular flexibility index (Phi) is 3.33. The summed E-state index contributed by atoms with van der Waals surface area (Å²) in [6.07, 6.45) is 4.87. The normalized spacial score (nSPS) is 18.8. The second-order valence-corrected chi connectivity index (χ2v) is 6.54. The van der Waals surface area contributed by atoms with E-state index < -0.39 is 0 Å². The highest BCUT2D eigenvalue weighted by Gasteiger charge is 2.30. The molecular weight excluding hydrogens is 272 g/mol. The Hall–Kier alpha value is -1.69. The summed E-state index contributed by atoms with van der Waals surface area (Å²) in [6.45, 7) is 7.40. The van der Waals surface area contributed by atoms with Crippen LogP contribution >= 0.6 is 11.3 Å². The third kappa shape index (κ3) is 2.35. The van der Waals surface area contributed by atoms with Crippen molar-refractivity contribution < 1.29 is 4.79 Å². The minimum absolute atomic E-state index is 0.111. The molecule has 1 aliphatic rings. The molecule has 0 radical (unpaired) electrons. The zero-order valence-corrected chi connectivity index (χ0v) is 12.8. The number of aryl methyl sites for hydroxylation is 3. The molecule has 3 rings (SSSR count). The Morgan fingerprint density at radius 1 is 1.40 bits per heavy atom. The van der Waals surface area contributed by atoms with Crippen LogP contribution in [0, 0.1) is 20.8 Å². The van der Waals surface area contributed by atoms with Crippen LogP contribution in [0.25, 0.3) is 0 Å². The Morgan fingerprint density at radius 3 is 2.80 bits per heavy atom. The molecule has 1 aliphatic heterocycles. The molecule has 0 N–H and O–H groups in total. The van der Waals surface area contributed by atoms with Gasteiger partial charge >= 0.3 is 0 Å². The van der Waals surface area contributed by atoms with Crippen LogP contribution < -0.4 is 0 Å². The third-order valence-electron chi connectivity index (χ3n) is 3.65. The lowest BCUT2D eigenvalue weighted by atomic mass is 10.3. The summed E-state index contributed by atoms with van der Waals surface area (Å²) in [6, 6.07) is 0.293. The number of carbonyl (C=O) groups excluding carboxylic acids is 1. The molecular formula is C14H18N4OS. The van der Waals surface area contributed by atoms with E-state index >= 15 is 0 Å². The smallest absolute Gasteiger partial charge is 0.265 e. The van der Waals surface area contributed by atoms with Crippen molar-refractivity contribution in [2.45, 2.75) is 33.2 Å². The standard InChI is InChI=1S/C14H18N4OS/c1-9-6-15-18(7-9)12-4-5-17(8-12)14(19)13-10(2)16-11(3)20-13/h6-7,12H,4-5,8H2,1-3H3. The van der Waals surface area contributed by atoms with Gasteiger partial charge in [-0.15, -0.1) is 11.3 Å². The number of rotatable bonds is 2. The van der Waals surface area contributed by atoms with Gasteiger partial charge in [0.2, 0.25) is 0 Å². The Morgan fingerprint density at radius 2 is 2.20 bits per heavy atom. The van der Waals surface area contributed by atoms with Crippen molar-refractivity contribution in [3.8, 4) is 0 Å². The van der Waals surface area contributed by atoms with Gasteiger partial charge in [0, 0.05) is 19.3 Å². The van der Waals surface area contributed by atoms with Crippen molar-refractivity contribution in [1.82, 2.24) is 19.7 Å². The van der Waals surface area contributed by atoms with Gasteiger partial charge < -0.3 is 4.90 Å². The molecule has 1 fully saturated rings. The second-order valence-electron chi connectivity index (χ2n) is 5.34. The number of likely N-dealkylation sites (tertiary alicyclic amines) is 1. The average molecular weight is 290 g/mol. The van der Waals surface area contributed by atoms with Crippen molar-refractivity contribution in [2.75, 3.05) is 13.1 Å². The summed E-state index contributed by atoms with van der Waals surface area (Å²) in [5, 5.41) is 5.30. The number of carbonyl (C=O) groups is 1. The predicted octanol–water partition coefficient (Wildman–Crippen LogP) is 2.35. The van der Waals surface area contributed by atoms with Crippen LogP contribution in [0.1, 0.15) is 38.4 Å². The van der Waals surface area contributed by atoms with Crippen LogP contribution in [-0.2, 0) is 0 Å². The lowest BCUT2D eigenvalue weighted by molar-refractivity contribution is 0.0791. The molecule has 0 saturated carbocycles.